The van der Waals surface area contributed by atoms with Crippen LogP contribution in [0.4, 0.5) is 0 Å². The molecular formula is C19H26N2. The van der Waals surface area contributed by atoms with E-state index in [9.17, 15) is 0 Å². The third kappa shape index (κ3) is 3.63. The third-order valence-corrected chi connectivity index (χ3v) is 4.57. The maximum Gasteiger partial charge on any atom is 0.0240 e. The molecule has 0 bridgehead atoms. The van der Waals surface area contributed by atoms with Crippen LogP contribution in [0.3, 0.4) is 0 Å². The van der Waals surface area contributed by atoms with Crippen molar-refractivity contribution in [2.45, 2.75) is 26.3 Å². The van der Waals surface area contributed by atoms with Crippen molar-refractivity contribution in [2.24, 2.45) is 0 Å². The maximum absolute atomic E-state index is 2.61. The van der Waals surface area contributed by atoms with Crippen molar-refractivity contribution < 1.29 is 0 Å². The first-order valence-corrected chi connectivity index (χ1v) is 8.28. The highest BCUT2D eigenvalue weighted by molar-refractivity contribution is 5.85. The van der Waals surface area contributed by atoms with Crippen LogP contribution in [0.5, 0.6) is 0 Å². The van der Waals surface area contributed by atoms with E-state index < -0.39 is 0 Å². The number of fused-ring (bicyclic) bond motifs is 1. The standard InChI is InChI=1S/C19H26N2/c1-2-3-11-20-12-14-21(15-13-20)16-18-9-6-8-17-7-4-5-10-19(17)18/h4-10H,2-3,11-16H2,1H3. The summed E-state index contributed by atoms with van der Waals surface area (Å²) in [6.45, 7) is 9.49. The molecule has 3 rings (SSSR count). The van der Waals surface area contributed by atoms with Gasteiger partial charge in [-0.05, 0) is 29.3 Å². The molecule has 0 N–H and O–H groups in total. The van der Waals surface area contributed by atoms with Crippen LogP contribution in [0, 0.1) is 0 Å². The number of rotatable bonds is 5. The van der Waals surface area contributed by atoms with E-state index in [0.717, 1.165) is 6.54 Å². The lowest BCUT2D eigenvalue weighted by Crippen LogP contribution is -2.46. The summed E-state index contributed by atoms with van der Waals surface area (Å²) in [7, 11) is 0. The lowest BCUT2D eigenvalue weighted by Gasteiger charge is -2.34. The van der Waals surface area contributed by atoms with Crippen LogP contribution in [0.1, 0.15) is 25.3 Å². The summed E-state index contributed by atoms with van der Waals surface area (Å²) in [4.78, 5) is 5.22. The van der Waals surface area contributed by atoms with E-state index in [0.29, 0.717) is 0 Å². The van der Waals surface area contributed by atoms with Gasteiger partial charge in [0.2, 0.25) is 0 Å². The molecule has 2 aromatic carbocycles. The van der Waals surface area contributed by atoms with Crippen LogP contribution in [-0.4, -0.2) is 42.5 Å². The normalized spacial score (nSPS) is 17.4. The number of piperazine rings is 1. The van der Waals surface area contributed by atoms with Crippen molar-refractivity contribution in [3.05, 3.63) is 48.0 Å². The van der Waals surface area contributed by atoms with E-state index in [1.54, 1.807) is 0 Å². The fourth-order valence-corrected chi connectivity index (χ4v) is 3.22. The Hall–Kier alpha value is -1.38. The van der Waals surface area contributed by atoms with Gasteiger partial charge < -0.3 is 4.90 Å². The molecule has 0 spiro atoms. The zero-order chi connectivity index (χ0) is 14.5. The molecule has 0 atom stereocenters. The van der Waals surface area contributed by atoms with Crippen molar-refractivity contribution in [3.8, 4) is 0 Å². The first-order chi connectivity index (χ1) is 10.4. The molecule has 1 heterocycles. The Morgan fingerprint density at radius 2 is 1.57 bits per heavy atom. The second-order valence-electron chi connectivity index (χ2n) is 6.11. The van der Waals surface area contributed by atoms with Gasteiger partial charge in [-0.1, -0.05) is 55.8 Å². The lowest BCUT2D eigenvalue weighted by molar-refractivity contribution is 0.126. The van der Waals surface area contributed by atoms with Gasteiger partial charge in [0.15, 0.2) is 0 Å². The monoisotopic (exact) mass is 282 g/mol. The summed E-state index contributed by atoms with van der Waals surface area (Å²) in [6.07, 6.45) is 2.64. The molecule has 0 radical (unpaired) electrons. The molecule has 0 aromatic heterocycles. The minimum absolute atomic E-state index is 1.09. The Labute approximate surface area is 128 Å². The van der Waals surface area contributed by atoms with E-state index in [1.165, 1.54) is 61.9 Å². The Morgan fingerprint density at radius 1 is 0.857 bits per heavy atom. The van der Waals surface area contributed by atoms with E-state index >= 15 is 0 Å². The SMILES string of the molecule is CCCCN1CCN(Cc2cccc3ccccc23)CC1. The number of hydrogen-bond acceptors (Lipinski definition) is 2. The van der Waals surface area contributed by atoms with Crippen molar-refractivity contribution in [1.82, 2.24) is 9.80 Å². The lowest BCUT2D eigenvalue weighted by atomic mass is 10.0. The summed E-state index contributed by atoms with van der Waals surface area (Å²) in [5, 5.41) is 2.77. The maximum atomic E-state index is 2.61. The van der Waals surface area contributed by atoms with Gasteiger partial charge in [-0.2, -0.15) is 0 Å². The van der Waals surface area contributed by atoms with Crippen molar-refractivity contribution in [1.29, 1.82) is 0 Å². The molecule has 112 valence electrons. The zero-order valence-corrected chi connectivity index (χ0v) is 13.1. The fourth-order valence-electron chi connectivity index (χ4n) is 3.22. The summed E-state index contributed by atoms with van der Waals surface area (Å²) in [6, 6.07) is 15.4. The van der Waals surface area contributed by atoms with E-state index in [2.05, 4.69) is 59.2 Å². The van der Waals surface area contributed by atoms with Gasteiger partial charge in [0.1, 0.15) is 0 Å². The average Bonchev–Trinajstić information content (AvgIpc) is 2.55. The zero-order valence-electron chi connectivity index (χ0n) is 13.1. The number of nitrogens with zero attached hydrogens (tertiary/aromatic N) is 2. The molecule has 1 aliphatic heterocycles. The van der Waals surface area contributed by atoms with Gasteiger partial charge in [-0.15, -0.1) is 0 Å². The molecule has 0 unspecified atom stereocenters. The highest BCUT2D eigenvalue weighted by atomic mass is 15.3. The van der Waals surface area contributed by atoms with Gasteiger partial charge in [0.05, 0.1) is 0 Å². The highest BCUT2D eigenvalue weighted by Crippen LogP contribution is 2.20. The van der Waals surface area contributed by atoms with E-state index in [4.69, 9.17) is 0 Å². The predicted molar refractivity (Wildman–Crippen MR) is 90.6 cm³/mol. The molecule has 0 saturated carbocycles. The van der Waals surface area contributed by atoms with Crippen LogP contribution in [-0.2, 0) is 6.54 Å². The molecule has 1 fully saturated rings. The average molecular weight is 282 g/mol. The first-order valence-electron chi connectivity index (χ1n) is 8.28. The number of hydrogen-bond donors (Lipinski definition) is 0. The molecule has 2 nitrogen and oxygen atoms in total. The molecule has 1 aliphatic rings. The van der Waals surface area contributed by atoms with Gasteiger partial charge in [-0.25, -0.2) is 0 Å². The van der Waals surface area contributed by atoms with Crippen LogP contribution in [0.2, 0.25) is 0 Å². The summed E-state index contributed by atoms with van der Waals surface area (Å²) >= 11 is 0. The molecule has 0 aliphatic carbocycles. The summed E-state index contributed by atoms with van der Waals surface area (Å²) in [5.41, 5.74) is 1.47. The minimum Gasteiger partial charge on any atom is -0.301 e. The summed E-state index contributed by atoms with van der Waals surface area (Å²) < 4.78 is 0. The van der Waals surface area contributed by atoms with Crippen LogP contribution in [0.15, 0.2) is 42.5 Å². The Kier molecular flexibility index (Phi) is 4.89. The molecule has 21 heavy (non-hydrogen) atoms. The van der Waals surface area contributed by atoms with E-state index in [1.807, 2.05) is 0 Å². The smallest absolute Gasteiger partial charge is 0.0240 e. The van der Waals surface area contributed by atoms with Gasteiger partial charge >= 0.3 is 0 Å². The van der Waals surface area contributed by atoms with Crippen molar-refractivity contribution >= 4 is 10.8 Å². The molecule has 2 heteroatoms. The Bertz CT molecular complexity index is 565. The molecule has 0 amide bonds. The minimum atomic E-state index is 1.09. The van der Waals surface area contributed by atoms with Crippen LogP contribution < -0.4 is 0 Å². The van der Waals surface area contributed by atoms with Crippen molar-refractivity contribution in [2.75, 3.05) is 32.7 Å². The third-order valence-electron chi connectivity index (χ3n) is 4.57. The molecular weight excluding hydrogens is 256 g/mol. The fraction of sp³-hybridized carbons (Fsp3) is 0.474. The van der Waals surface area contributed by atoms with Crippen molar-refractivity contribution in [3.63, 3.8) is 0 Å². The molecule has 2 aromatic rings. The van der Waals surface area contributed by atoms with Crippen LogP contribution >= 0.6 is 0 Å². The quantitative estimate of drug-likeness (QED) is 0.824. The van der Waals surface area contributed by atoms with Crippen LogP contribution in [0.25, 0.3) is 10.8 Å². The second kappa shape index (κ2) is 7.06. The first kappa shape index (κ1) is 14.6. The second-order valence-corrected chi connectivity index (χ2v) is 6.11. The van der Waals surface area contributed by atoms with Gasteiger partial charge in [0, 0.05) is 32.7 Å². The summed E-state index contributed by atoms with van der Waals surface area (Å²) in [5.74, 6) is 0. The largest absolute Gasteiger partial charge is 0.301 e. The number of unbranched alkanes of at least 4 members (excludes halogenated alkanes) is 1. The van der Waals surface area contributed by atoms with Gasteiger partial charge in [0.25, 0.3) is 0 Å². The highest BCUT2D eigenvalue weighted by Gasteiger charge is 2.16. The van der Waals surface area contributed by atoms with Gasteiger partial charge in [-0.3, -0.25) is 4.90 Å². The Balaban J connectivity index is 1.62. The Morgan fingerprint density at radius 3 is 2.38 bits per heavy atom. The number of benzene rings is 2. The predicted octanol–water partition coefficient (Wildman–Crippen LogP) is 3.76. The topological polar surface area (TPSA) is 6.48 Å². The molecule has 1 saturated heterocycles. The van der Waals surface area contributed by atoms with E-state index in [-0.39, 0.29) is 0 Å².